The zero-order valence-electron chi connectivity index (χ0n) is 19.9. The molecule has 1 aromatic rings. The highest BCUT2D eigenvalue weighted by Gasteiger charge is 2.59. The van der Waals surface area contributed by atoms with Gasteiger partial charge in [-0.15, -0.1) is 0 Å². The van der Waals surface area contributed by atoms with Crippen molar-refractivity contribution in [2.24, 2.45) is 0 Å². The third kappa shape index (κ3) is 3.97. The third-order valence-corrected chi connectivity index (χ3v) is 6.47. The lowest BCUT2D eigenvalue weighted by atomic mass is 10.0. The van der Waals surface area contributed by atoms with E-state index < -0.39 is 66.4 Å². The van der Waals surface area contributed by atoms with Crippen LogP contribution in [-0.2, 0) is 33.2 Å². The largest absolute Gasteiger partial charge is 0.462 e. The summed E-state index contributed by atoms with van der Waals surface area (Å²) >= 11 is 0. The minimum atomic E-state index is -0.888. The lowest BCUT2D eigenvalue weighted by molar-refractivity contribution is -0.194. The van der Waals surface area contributed by atoms with Gasteiger partial charge in [0.2, 0.25) is 0 Å². The van der Waals surface area contributed by atoms with Crippen molar-refractivity contribution >= 4 is 5.97 Å². The molecule has 0 aliphatic carbocycles. The normalized spacial score (nSPS) is 39.9. The van der Waals surface area contributed by atoms with Crippen LogP contribution in [0.25, 0.3) is 0 Å². The number of ether oxygens (including phenoxy) is 7. The number of esters is 1. The van der Waals surface area contributed by atoms with Gasteiger partial charge in [0.15, 0.2) is 11.6 Å². The first-order valence-corrected chi connectivity index (χ1v) is 11.6. The van der Waals surface area contributed by atoms with Crippen LogP contribution in [0.15, 0.2) is 10.5 Å². The van der Waals surface area contributed by atoms with Crippen LogP contribution < -0.4 is 0 Å². The zero-order chi connectivity index (χ0) is 24.4. The summed E-state index contributed by atoms with van der Waals surface area (Å²) in [5, 5.41) is 19.6. The molecule has 0 spiro atoms. The molecule has 0 unspecified atom stereocenters. The lowest BCUT2D eigenvalue weighted by Gasteiger charge is -2.23. The molecule has 4 fully saturated rings. The van der Waals surface area contributed by atoms with E-state index in [1.165, 1.54) is 0 Å². The van der Waals surface area contributed by atoms with Crippen molar-refractivity contribution in [3.05, 3.63) is 23.2 Å². The van der Waals surface area contributed by atoms with Gasteiger partial charge in [-0.05, 0) is 40.7 Å². The fraction of sp³-hybridized carbons (Fsp3) is 0.783. The molecule has 0 bridgehead atoms. The summed E-state index contributed by atoms with van der Waals surface area (Å²) in [6, 6.07) is 1.55. The average molecular weight is 484 g/mol. The van der Waals surface area contributed by atoms with Gasteiger partial charge in [0, 0.05) is 0 Å². The van der Waals surface area contributed by atoms with Gasteiger partial charge in [-0.1, -0.05) is 0 Å². The standard InChI is InChI=1S/C23H32O11/c1-6-27-21(26)10-7-11(15-19-16(12(8-24)29-15)31-22(2,3)33-19)28-14(10)18-20-17(13(9-25)30-18)32-23(4,5)34-20/h7,12-13,15-20,24-25H,6,8-9H2,1-5H3/t12-,13+,15+,16-,17+,18-,19+,20+/m1/s1. The van der Waals surface area contributed by atoms with Gasteiger partial charge in [0.25, 0.3) is 0 Å². The molecule has 8 atom stereocenters. The van der Waals surface area contributed by atoms with Crippen molar-refractivity contribution in [1.29, 1.82) is 0 Å². The molecule has 11 nitrogen and oxygen atoms in total. The Labute approximate surface area is 197 Å². The van der Waals surface area contributed by atoms with E-state index in [2.05, 4.69) is 0 Å². The highest BCUT2D eigenvalue weighted by molar-refractivity contribution is 5.91. The smallest absolute Gasteiger partial charge is 0.341 e. The van der Waals surface area contributed by atoms with Crippen molar-refractivity contribution in [3.63, 3.8) is 0 Å². The second kappa shape index (κ2) is 8.52. The summed E-state index contributed by atoms with van der Waals surface area (Å²) in [4.78, 5) is 12.9. The number of fused-ring (bicyclic) bond motifs is 2. The molecule has 4 aliphatic rings. The van der Waals surface area contributed by atoms with E-state index in [0.717, 1.165) is 0 Å². The number of hydrogen-bond acceptors (Lipinski definition) is 11. The van der Waals surface area contributed by atoms with E-state index in [1.807, 2.05) is 0 Å². The van der Waals surface area contributed by atoms with E-state index in [4.69, 9.17) is 37.6 Å². The molecule has 2 N–H and O–H groups in total. The summed E-state index contributed by atoms with van der Waals surface area (Å²) in [5.74, 6) is -1.82. The Bertz CT molecular complexity index is 924. The van der Waals surface area contributed by atoms with Crippen LogP contribution in [-0.4, -0.2) is 84.2 Å². The van der Waals surface area contributed by atoms with E-state index in [9.17, 15) is 15.0 Å². The molecule has 4 aliphatic heterocycles. The molecular weight excluding hydrogens is 452 g/mol. The van der Waals surface area contributed by atoms with Crippen molar-refractivity contribution in [3.8, 4) is 0 Å². The SMILES string of the molecule is CCOC(=O)c1cc([C@@H]2O[C@H](CO)[C@H]3OC(C)(C)O[C@H]32)oc1[C@H]1O[C@@H](CO)[C@@H]2OC(C)(C)O[C@@H]21. The number of aliphatic hydroxyl groups is 2. The van der Waals surface area contributed by atoms with Gasteiger partial charge < -0.3 is 47.8 Å². The first kappa shape index (κ1) is 24.1. The van der Waals surface area contributed by atoms with Gasteiger partial charge in [-0.2, -0.15) is 0 Å². The molecule has 190 valence electrons. The molecule has 0 radical (unpaired) electrons. The zero-order valence-corrected chi connectivity index (χ0v) is 19.9. The Morgan fingerprint density at radius 1 is 0.882 bits per heavy atom. The number of carbonyl (C=O) groups is 1. The number of carbonyl (C=O) groups excluding carboxylic acids is 1. The maximum atomic E-state index is 12.9. The average Bonchev–Trinajstić information content (AvgIpc) is 3.52. The van der Waals surface area contributed by atoms with E-state index in [1.54, 1.807) is 40.7 Å². The molecular formula is C23H32O11. The molecule has 4 saturated heterocycles. The Morgan fingerprint density at radius 3 is 1.91 bits per heavy atom. The lowest BCUT2D eigenvalue weighted by Crippen LogP contribution is -2.31. The van der Waals surface area contributed by atoms with Crippen molar-refractivity contribution in [2.45, 2.75) is 95.0 Å². The van der Waals surface area contributed by atoms with Crippen molar-refractivity contribution < 1.29 is 52.6 Å². The van der Waals surface area contributed by atoms with E-state index in [-0.39, 0.29) is 31.1 Å². The molecule has 5 rings (SSSR count). The summed E-state index contributed by atoms with van der Waals surface area (Å²) < 4.78 is 47.5. The summed E-state index contributed by atoms with van der Waals surface area (Å²) in [6.07, 6.45) is -5.00. The van der Waals surface area contributed by atoms with Crippen LogP contribution in [0.5, 0.6) is 0 Å². The molecule has 0 amide bonds. The van der Waals surface area contributed by atoms with Crippen LogP contribution in [0.2, 0.25) is 0 Å². The fourth-order valence-corrected chi connectivity index (χ4v) is 5.24. The number of hydrogen-bond donors (Lipinski definition) is 2. The fourth-order valence-electron chi connectivity index (χ4n) is 5.24. The predicted molar refractivity (Wildman–Crippen MR) is 112 cm³/mol. The molecule has 34 heavy (non-hydrogen) atoms. The van der Waals surface area contributed by atoms with Crippen LogP contribution in [0.3, 0.4) is 0 Å². The predicted octanol–water partition coefficient (Wildman–Crippen LogP) is 1.36. The molecule has 0 saturated carbocycles. The van der Waals surface area contributed by atoms with Gasteiger partial charge in [-0.3, -0.25) is 0 Å². The van der Waals surface area contributed by atoms with Crippen LogP contribution >= 0.6 is 0 Å². The van der Waals surface area contributed by atoms with Crippen molar-refractivity contribution in [1.82, 2.24) is 0 Å². The second-order valence-corrected chi connectivity index (χ2v) is 9.83. The highest BCUT2D eigenvalue weighted by Crippen LogP contribution is 2.49. The third-order valence-electron chi connectivity index (χ3n) is 6.47. The minimum absolute atomic E-state index is 0.165. The number of furan rings is 1. The van der Waals surface area contributed by atoms with Crippen molar-refractivity contribution in [2.75, 3.05) is 19.8 Å². The Morgan fingerprint density at radius 2 is 1.38 bits per heavy atom. The first-order chi connectivity index (χ1) is 16.1. The number of rotatable bonds is 6. The summed E-state index contributed by atoms with van der Waals surface area (Å²) in [7, 11) is 0. The quantitative estimate of drug-likeness (QED) is 0.567. The maximum absolute atomic E-state index is 12.9. The van der Waals surface area contributed by atoms with Crippen LogP contribution in [0.4, 0.5) is 0 Å². The Balaban J connectivity index is 1.51. The van der Waals surface area contributed by atoms with E-state index in [0.29, 0.717) is 5.76 Å². The van der Waals surface area contributed by atoms with E-state index >= 15 is 0 Å². The first-order valence-electron chi connectivity index (χ1n) is 11.6. The van der Waals surface area contributed by atoms with Gasteiger partial charge in [0.1, 0.15) is 65.9 Å². The maximum Gasteiger partial charge on any atom is 0.341 e. The summed E-state index contributed by atoms with van der Waals surface area (Å²) in [5.41, 5.74) is 0.165. The second-order valence-electron chi connectivity index (χ2n) is 9.83. The molecule has 0 aromatic carbocycles. The molecule has 5 heterocycles. The Hall–Kier alpha value is -1.57. The highest BCUT2D eigenvalue weighted by atomic mass is 16.8. The van der Waals surface area contributed by atoms with Crippen LogP contribution in [0.1, 0.15) is 68.7 Å². The van der Waals surface area contributed by atoms with Gasteiger partial charge >= 0.3 is 5.97 Å². The van der Waals surface area contributed by atoms with Gasteiger partial charge in [-0.25, -0.2) is 4.79 Å². The molecule has 11 heteroatoms. The van der Waals surface area contributed by atoms with Crippen LogP contribution in [0, 0.1) is 0 Å². The Kier molecular flexibility index (Phi) is 6.05. The molecule has 1 aromatic heterocycles. The van der Waals surface area contributed by atoms with Gasteiger partial charge in [0.05, 0.1) is 19.8 Å². The number of aliphatic hydroxyl groups excluding tert-OH is 2. The summed E-state index contributed by atoms with van der Waals surface area (Å²) in [6.45, 7) is 8.46. The topological polar surface area (TPSA) is 135 Å². The minimum Gasteiger partial charge on any atom is -0.462 e. The monoisotopic (exact) mass is 484 g/mol.